The molecule has 8 heteroatoms. The zero-order valence-corrected chi connectivity index (χ0v) is 19.6. The molecule has 0 aliphatic carbocycles. The molecular weight excluding hydrogens is 440 g/mol. The van der Waals surface area contributed by atoms with Crippen LogP contribution in [0.5, 0.6) is 17.2 Å². The molecule has 2 aromatic carbocycles. The summed E-state index contributed by atoms with van der Waals surface area (Å²) < 4.78 is 16.7. The van der Waals surface area contributed by atoms with Gasteiger partial charge in [-0.1, -0.05) is 6.07 Å². The molecule has 1 aliphatic heterocycles. The number of hydrogen-bond donors (Lipinski definition) is 1. The van der Waals surface area contributed by atoms with Crippen molar-refractivity contribution >= 4 is 28.8 Å². The van der Waals surface area contributed by atoms with Crippen LogP contribution in [0.15, 0.2) is 53.9 Å². The smallest absolute Gasteiger partial charge is 0.263 e. The van der Waals surface area contributed by atoms with Gasteiger partial charge in [-0.05, 0) is 48.7 Å². The topological polar surface area (TPSA) is 77.1 Å². The number of hydrogen-bond acceptors (Lipinski definition) is 6. The fraction of sp³-hybridized carbons (Fsp3) is 0.280. The van der Waals surface area contributed by atoms with Crippen molar-refractivity contribution in [2.24, 2.45) is 0 Å². The Morgan fingerprint density at radius 1 is 1.18 bits per heavy atom. The van der Waals surface area contributed by atoms with E-state index in [1.54, 1.807) is 55.6 Å². The van der Waals surface area contributed by atoms with Gasteiger partial charge in [-0.3, -0.25) is 9.59 Å². The first-order chi connectivity index (χ1) is 16.0. The van der Waals surface area contributed by atoms with E-state index in [0.717, 1.165) is 16.0 Å². The van der Waals surface area contributed by atoms with Crippen LogP contribution in [0.25, 0.3) is 0 Å². The van der Waals surface area contributed by atoms with Crippen molar-refractivity contribution in [1.82, 2.24) is 4.90 Å². The first kappa shape index (κ1) is 22.7. The number of nitrogens with one attached hydrogen (secondary N) is 1. The van der Waals surface area contributed by atoms with E-state index >= 15 is 0 Å². The van der Waals surface area contributed by atoms with Crippen LogP contribution in [0.2, 0.25) is 0 Å². The van der Waals surface area contributed by atoms with Gasteiger partial charge in [0.05, 0.1) is 20.6 Å². The Labute approximate surface area is 196 Å². The fourth-order valence-corrected chi connectivity index (χ4v) is 4.48. The molecular formula is C25H26N2O5S. The number of benzene rings is 2. The summed E-state index contributed by atoms with van der Waals surface area (Å²) in [5.41, 5.74) is 2.36. The highest BCUT2D eigenvalue weighted by molar-refractivity contribution is 7.10. The van der Waals surface area contributed by atoms with E-state index in [4.69, 9.17) is 14.2 Å². The average Bonchev–Trinajstić information content (AvgIpc) is 3.28. The maximum Gasteiger partial charge on any atom is 0.263 e. The van der Waals surface area contributed by atoms with Crippen LogP contribution >= 0.6 is 11.3 Å². The molecule has 2 amide bonds. The lowest BCUT2D eigenvalue weighted by Crippen LogP contribution is -2.37. The zero-order valence-electron chi connectivity index (χ0n) is 18.8. The van der Waals surface area contributed by atoms with Crippen LogP contribution in [0.4, 0.5) is 5.69 Å². The summed E-state index contributed by atoms with van der Waals surface area (Å²) in [5, 5.41) is 4.89. The van der Waals surface area contributed by atoms with Crippen LogP contribution in [-0.2, 0) is 29.1 Å². The molecule has 0 radical (unpaired) electrons. The molecule has 2 heterocycles. The lowest BCUT2D eigenvalue weighted by atomic mass is 10.1. The van der Waals surface area contributed by atoms with Crippen LogP contribution < -0.4 is 19.5 Å². The predicted octanol–water partition coefficient (Wildman–Crippen LogP) is 4.26. The van der Waals surface area contributed by atoms with E-state index in [-0.39, 0.29) is 11.8 Å². The monoisotopic (exact) mass is 466 g/mol. The molecule has 172 valence electrons. The van der Waals surface area contributed by atoms with Crippen LogP contribution in [0.1, 0.15) is 22.9 Å². The summed E-state index contributed by atoms with van der Waals surface area (Å²) in [6.07, 6.45) is -0.306. The van der Waals surface area contributed by atoms with Crippen LogP contribution in [0, 0.1) is 0 Å². The summed E-state index contributed by atoms with van der Waals surface area (Å²) in [5.74, 6) is 1.76. The van der Waals surface area contributed by atoms with Gasteiger partial charge in [0.25, 0.3) is 5.91 Å². The standard InChI is InChI=1S/C25H26N2O5S/c1-16-25(29)27(14-17-6-8-20(30-2)12-23(17)31-3)15-18-11-19(7-9-22(18)32-16)26-24(28)13-21-5-4-10-33-21/h4-12,16H,13-15H2,1-3H3,(H,26,28). The second-order valence-corrected chi connectivity index (χ2v) is 8.79. The van der Waals surface area contributed by atoms with Gasteiger partial charge < -0.3 is 24.4 Å². The van der Waals surface area contributed by atoms with E-state index < -0.39 is 6.10 Å². The summed E-state index contributed by atoms with van der Waals surface area (Å²) in [6.45, 7) is 2.45. The molecule has 1 unspecified atom stereocenters. The highest BCUT2D eigenvalue weighted by Crippen LogP contribution is 2.31. The predicted molar refractivity (Wildman–Crippen MR) is 127 cm³/mol. The van der Waals surface area contributed by atoms with Crippen LogP contribution in [0.3, 0.4) is 0 Å². The van der Waals surface area contributed by atoms with Crippen molar-refractivity contribution in [3.8, 4) is 17.2 Å². The maximum atomic E-state index is 13.0. The minimum Gasteiger partial charge on any atom is -0.497 e. The normalized spacial score (nSPS) is 15.3. The number of amides is 2. The van der Waals surface area contributed by atoms with Gasteiger partial charge >= 0.3 is 0 Å². The van der Waals surface area contributed by atoms with Gasteiger partial charge in [-0.25, -0.2) is 0 Å². The Morgan fingerprint density at radius 3 is 2.76 bits per heavy atom. The maximum absolute atomic E-state index is 13.0. The Balaban J connectivity index is 1.54. The number of thiophene rings is 1. The summed E-state index contributed by atoms with van der Waals surface area (Å²) >= 11 is 1.55. The van der Waals surface area contributed by atoms with Gasteiger partial charge in [0, 0.05) is 40.8 Å². The number of rotatable bonds is 7. The molecule has 1 aliphatic rings. The van der Waals surface area contributed by atoms with Gasteiger partial charge in [0.2, 0.25) is 5.91 Å². The lowest BCUT2D eigenvalue weighted by molar-refractivity contribution is -0.138. The van der Waals surface area contributed by atoms with E-state index in [1.807, 2.05) is 35.7 Å². The second-order valence-electron chi connectivity index (χ2n) is 7.76. The van der Waals surface area contributed by atoms with Crippen LogP contribution in [-0.4, -0.2) is 37.0 Å². The number of nitrogens with zero attached hydrogens (tertiary/aromatic N) is 1. The van der Waals surface area contributed by atoms with Crippen molar-refractivity contribution in [3.63, 3.8) is 0 Å². The number of anilines is 1. The number of carbonyl (C=O) groups is 2. The highest BCUT2D eigenvalue weighted by atomic mass is 32.1. The quantitative estimate of drug-likeness (QED) is 0.563. The first-order valence-electron chi connectivity index (χ1n) is 10.6. The largest absolute Gasteiger partial charge is 0.497 e. The number of fused-ring (bicyclic) bond motifs is 1. The van der Waals surface area contributed by atoms with Crippen molar-refractivity contribution < 1.29 is 23.8 Å². The highest BCUT2D eigenvalue weighted by Gasteiger charge is 2.29. The molecule has 4 rings (SSSR count). The van der Waals surface area contributed by atoms with Crippen molar-refractivity contribution in [1.29, 1.82) is 0 Å². The molecule has 0 spiro atoms. The molecule has 7 nitrogen and oxygen atoms in total. The molecule has 3 aromatic rings. The third-order valence-electron chi connectivity index (χ3n) is 5.44. The first-order valence-corrected chi connectivity index (χ1v) is 11.5. The molecule has 1 aromatic heterocycles. The third-order valence-corrected chi connectivity index (χ3v) is 6.32. The minimum atomic E-state index is -0.630. The molecule has 0 saturated heterocycles. The van der Waals surface area contributed by atoms with Crippen molar-refractivity contribution in [2.45, 2.75) is 32.5 Å². The molecule has 0 saturated carbocycles. The Hall–Kier alpha value is -3.52. The summed E-state index contributed by atoms with van der Waals surface area (Å²) in [6, 6.07) is 14.9. The van der Waals surface area contributed by atoms with E-state index in [2.05, 4.69) is 5.32 Å². The second kappa shape index (κ2) is 9.95. The molecule has 33 heavy (non-hydrogen) atoms. The van der Waals surface area contributed by atoms with Gasteiger partial charge in [0.1, 0.15) is 17.2 Å². The van der Waals surface area contributed by atoms with Gasteiger partial charge in [-0.2, -0.15) is 0 Å². The number of methoxy groups -OCH3 is 2. The Bertz CT molecular complexity index is 1150. The fourth-order valence-electron chi connectivity index (χ4n) is 3.78. The molecule has 1 atom stereocenters. The Morgan fingerprint density at radius 2 is 2.03 bits per heavy atom. The van der Waals surface area contributed by atoms with Gasteiger partial charge in [-0.15, -0.1) is 11.3 Å². The minimum absolute atomic E-state index is 0.0868. The van der Waals surface area contributed by atoms with E-state index in [0.29, 0.717) is 42.4 Å². The van der Waals surface area contributed by atoms with Crippen molar-refractivity contribution in [2.75, 3.05) is 19.5 Å². The third kappa shape index (κ3) is 5.28. The number of carbonyl (C=O) groups excluding carboxylic acids is 2. The number of ether oxygens (including phenoxy) is 3. The summed E-state index contributed by atoms with van der Waals surface area (Å²) in [4.78, 5) is 28.2. The SMILES string of the molecule is COc1ccc(CN2Cc3cc(NC(=O)Cc4cccs4)ccc3OC(C)C2=O)c(OC)c1. The lowest BCUT2D eigenvalue weighted by Gasteiger charge is -2.23. The molecule has 0 fully saturated rings. The van der Waals surface area contributed by atoms with E-state index in [9.17, 15) is 9.59 Å². The Kier molecular flexibility index (Phi) is 6.84. The van der Waals surface area contributed by atoms with Gasteiger partial charge in [0.15, 0.2) is 6.10 Å². The van der Waals surface area contributed by atoms with Crippen molar-refractivity contribution in [3.05, 3.63) is 69.9 Å². The molecule has 1 N–H and O–H groups in total. The van der Waals surface area contributed by atoms with E-state index in [1.165, 1.54) is 0 Å². The zero-order chi connectivity index (χ0) is 23.4. The summed E-state index contributed by atoms with van der Waals surface area (Å²) in [7, 11) is 3.19. The average molecular weight is 467 g/mol. The molecule has 0 bridgehead atoms.